The Hall–Kier alpha value is -2.82. The van der Waals surface area contributed by atoms with Crippen LogP contribution in [0.5, 0.6) is 5.75 Å². The number of hydrogen-bond donors (Lipinski definition) is 3. The zero-order valence-corrected chi connectivity index (χ0v) is 15.9. The molecule has 0 bridgehead atoms. The first-order valence-corrected chi connectivity index (χ1v) is 9.43. The van der Waals surface area contributed by atoms with Gasteiger partial charge in [0.05, 0.1) is 16.8 Å². The Morgan fingerprint density at radius 2 is 1.70 bits per heavy atom. The molecule has 2 aromatic carbocycles. The molecular weight excluding hydrogens is 342 g/mol. The van der Waals surface area contributed by atoms with Crippen LogP contribution in [0, 0.1) is 0 Å². The van der Waals surface area contributed by atoms with E-state index in [-0.39, 0.29) is 22.7 Å². The average Bonchev–Trinajstić information content (AvgIpc) is 2.66. The molecule has 0 spiro atoms. The molecule has 0 fully saturated rings. The van der Waals surface area contributed by atoms with Crippen molar-refractivity contribution in [1.29, 1.82) is 0 Å². The number of Topliss-reactive ketones (excluding diaryl/α,β-unsaturated/α-hetero) is 1. The molecule has 5 heteroatoms. The predicted molar refractivity (Wildman–Crippen MR) is 107 cm³/mol. The number of ketones is 1. The second kappa shape index (κ2) is 9.76. The summed E-state index contributed by atoms with van der Waals surface area (Å²) in [5, 5.41) is 23.1. The third-order valence-corrected chi connectivity index (χ3v) is 4.65. The third kappa shape index (κ3) is 4.88. The van der Waals surface area contributed by atoms with Crippen LogP contribution in [0.3, 0.4) is 0 Å². The van der Waals surface area contributed by atoms with E-state index in [1.54, 1.807) is 36.4 Å². The highest BCUT2D eigenvalue weighted by Gasteiger charge is 2.28. The molecule has 0 aromatic heterocycles. The van der Waals surface area contributed by atoms with E-state index in [0.717, 1.165) is 19.3 Å². The molecule has 3 N–H and O–H groups in total. The minimum atomic E-state index is -1.05. The highest BCUT2D eigenvalue weighted by molar-refractivity contribution is 6.05. The average molecular weight is 369 g/mol. The van der Waals surface area contributed by atoms with Crippen molar-refractivity contribution in [1.82, 2.24) is 0 Å². The summed E-state index contributed by atoms with van der Waals surface area (Å²) in [5.41, 5.74) is 1.35. The number of carboxylic acid groups (broad SMARTS) is 1. The summed E-state index contributed by atoms with van der Waals surface area (Å²) >= 11 is 0. The van der Waals surface area contributed by atoms with E-state index in [4.69, 9.17) is 0 Å². The fourth-order valence-corrected chi connectivity index (χ4v) is 3.29. The topological polar surface area (TPSA) is 86.6 Å². The van der Waals surface area contributed by atoms with Crippen molar-refractivity contribution in [2.75, 3.05) is 11.9 Å². The summed E-state index contributed by atoms with van der Waals surface area (Å²) in [6, 6.07) is 11.6. The lowest BCUT2D eigenvalue weighted by Gasteiger charge is -2.20. The molecule has 0 aliphatic rings. The number of phenolic OH excluding ortho intramolecular Hbond substituents is 1. The van der Waals surface area contributed by atoms with Gasteiger partial charge in [0, 0.05) is 12.5 Å². The first kappa shape index (κ1) is 20.5. The number of carbonyl (C=O) groups excluding carboxylic acids is 1. The molecule has 0 radical (unpaired) electrons. The van der Waals surface area contributed by atoms with Gasteiger partial charge in [0.15, 0.2) is 5.78 Å². The van der Waals surface area contributed by atoms with E-state index in [1.165, 1.54) is 6.07 Å². The predicted octanol–water partition coefficient (Wildman–Crippen LogP) is 5.07. The number of carboxylic acids is 1. The Morgan fingerprint density at radius 1 is 1.00 bits per heavy atom. The first-order valence-electron chi connectivity index (χ1n) is 9.43. The quantitative estimate of drug-likeness (QED) is 0.309. The van der Waals surface area contributed by atoms with Crippen LogP contribution in [0.25, 0.3) is 0 Å². The van der Waals surface area contributed by atoms with Gasteiger partial charge >= 0.3 is 5.97 Å². The van der Waals surface area contributed by atoms with Gasteiger partial charge in [-0.3, -0.25) is 4.79 Å². The molecule has 0 aliphatic carbocycles. The Balaban J connectivity index is 2.47. The molecule has 1 unspecified atom stereocenters. The maximum absolute atomic E-state index is 13.3. The second-order valence-corrected chi connectivity index (χ2v) is 6.54. The molecular formula is C22H27NO4. The largest absolute Gasteiger partial charge is 0.505 e. The summed E-state index contributed by atoms with van der Waals surface area (Å²) in [5.74, 6) is -1.99. The van der Waals surface area contributed by atoms with Crippen molar-refractivity contribution < 1.29 is 19.8 Å². The zero-order valence-electron chi connectivity index (χ0n) is 15.9. The zero-order chi connectivity index (χ0) is 19.8. The number of anilines is 1. The van der Waals surface area contributed by atoms with E-state index < -0.39 is 11.9 Å². The first-order chi connectivity index (χ1) is 13.0. The summed E-state index contributed by atoms with van der Waals surface area (Å²) in [6.45, 7) is 4.60. The molecule has 0 aliphatic heterocycles. The third-order valence-electron chi connectivity index (χ3n) is 4.65. The van der Waals surface area contributed by atoms with E-state index in [1.807, 2.05) is 6.92 Å². The maximum atomic E-state index is 13.3. The van der Waals surface area contributed by atoms with Crippen molar-refractivity contribution >= 4 is 17.4 Å². The summed E-state index contributed by atoms with van der Waals surface area (Å²) in [7, 11) is 0. The SMILES string of the molecule is CCCCCC(C(=O)c1cccc(NCC)c1O)c1ccccc1C(=O)O. The second-order valence-electron chi connectivity index (χ2n) is 6.54. The number of aromatic carboxylic acids is 1. The molecule has 0 heterocycles. The summed E-state index contributed by atoms with van der Waals surface area (Å²) in [4.78, 5) is 25.0. The standard InChI is InChI=1S/C22H27NO4/c1-3-5-6-11-16(15-10-7-8-12-17(15)22(26)27)20(24)18-13-9-14-19(21(18)25)23-4-2/h7-10,12-14,16,23,25H,3-6,11H2,1-2H3,(H,26,27). The van der Waals surface area contributed by atoms with Gasteiger partial charge in [0.1, 0.15) is 5.75 Å². The summed E-state index contributed by atoms with van der Waals surface area (Å²) in [6.07, 6.45) is 3.32. The number of hydrogen-bond acceptors (Lipinski definition) is 4. The molecule has 2 rings (SSSR count). The van der Waals surface area contributed by atoms with Gasteiger partial charge in [0.25, 0.3) is 0 Å². The number of carbonyl (C=O) groups is 2. The highest BCUT2D eigenvalue weighted by atomic mass is 16.4. The maximum Gasteiger partial charge on any atom is 0.335 e. The Morgan fingerprint density at radius 3 is 2.37 bits per heavy atom. The van der Waals surface area contributed by atoms with E-state index in [2.05, 4.69) is 12.2 Å². The number of phenols is 1. The van der Waals surface area contributed by atoms with Crippen LogP contribution in [-0.2, 0) is 0 Å². The monoisotopic (exact) mass is 369 g/mol. The molecule has 0 saturated heterocycles. The van der Waals surface area contributed by atoms with E-state index in [0.29, 0.717) is 24.2 Å². The smallest absolute Gasteiger partial charge is 0.335 e. The van der Waals surface area contributed by atoms with Crippen molar-refractivity contribution in [3.63, 3.8) is 0 Å². The Kier molecular flexibility index (Phi) is 7.41. The van der Waals surface area contributed by atoms with Crippen molar-refractivity contribution in [3.05, 3.63) is 59.2 Å². The number of unbranched alkanes of at least 4 members (excludes halogenated alkanes) is 2. The number of para-hydroxylation sites is 1. The highest BCUT2D eigenvalue weighted by Crippen LogP contribution is 2.35. The molecule has 144 valence electrons. The van der Waals surface area contributed by atoms with Crippen LogP contribution in [0.2, 0.25) is 0 Å². The van der Waals surface area contributed by atoms with Gasteiger partial charge in [0.2, 0.25) is 0 Å². The fourth-order valence-electron chi connectivity index (χ4n) is 3.29. The van der Waals surface area contributed by atoms with Crippen LogP contribution in [0.15, 0.2) is 42.5 Å². The minimum absolute atomic E-state index is 0.0855. The summed E-state index contributed by atoms with van der Waals surface area (Å²) < 4.78 is 0. The molecule has 0 saturated carbocycles. The molecule has 2 aromatic rings. The van der Waals surface area contributed by atoms with Crippen molar-refractivity contribution in [3.8, 4) is 5.75 Å². The number of aromatic hydroxyl groups is 1. The van der Waals surface area contributed by atoms with Crippen LogP contribution in [-0.4, -0.2) is 28.5 Å². The van der Waals surface area contributed by atoms with E-state index >= 15 is 0 Å². The van der Waals surface area contributed by atoms with Gasteiger partial charge in [-0.2, -0.15) is 0 Å². The Bertz CT molecular complexity index is 801. The van der Waals surface area contributed by atoms with Crippen molar-refractivity contribution in [2.24, 2.45) is 0 Å². The van der Waals surface area contributed by atoms with Crippen LogP contribution in [0.1, 0.15) is 71.7 Å². The molecule has 27 heavy (non-hydrogen) atoms. The van der Waals surface area contributed by atoms with Gasteiger partial charge in [-0.15, -0.1) is 0 Å². The fraction of sp³-hybridized carbons (Fsp3) is 0.364. The van der Waals surface area contributed by atoms with Crippen molar-refractivity contribution in [2.45, 2.75) is 45.4 Å². The lowest BCUT2D eigenvalue weighted by Crippen LogP contribution is -2.17. The Labute approximate surface area is 160 Å². The molecule has 5 nitrogen and oxygen atoms in total. The van der Waals surface area contributed by atoms with Crippen LogP contribution in [0.4, 0.5) is 5.69 Å². The minimum Gasteiger partial charge on any atom is -0.505 e. The molecule has 0 amide bonds. The van der Waals surface area contributed by atoms with E-state index in [9.17, 15) is 19.8 Å². The van der Waals surface area contributed by atoms with Gasteiger partial charge in [-0.25, -0.2) is 4.79 Å². The lowest BCUT2D eigenvalue weighted by molar-refractivity contribution is 0.0695. The number of benzene rings is 2. The lowest BCUT2D eigenvalue weighted by atomic mass is 9.83. The van der Waals surface area contributed by atoms with Gasteiger partial charge < -0.3 is 15.5 Å². The number of nitrogens with one attached hydrogen (secondary N) is 1. The van der Waals surface area contributed by atoms with Gasteiger partial charge in [-0.1, -0.05) is 50.5 Å². The van der Waals surface area contributed by atoms with Gasteiger partial charge in [-0.05, 0) is 37.1 Å². The van der Waals surface area contributed by atoms with Crippen LogP contribution < -0.4 is 5.32 Å². The normalized spacial score (nSPS) is 11.8. The molecule has 1 atom stereocenters. The van der Waals surface area contributed by atoms with Crippen LogP contribution >= 0.6 is 0 Å². The number of rotatable bonds is 10.